The molecule has 1 heterocycles. The third-order valence-corrected chi connectivity index (χ3v) is 4.53. The third-order valence-electron chi connectivity index (χ3n) is 4.53. The van der Waals surface area contributed by atoms with Gasteiger partial charge in [0.2, 0.25) is 0 Å². The Morgan fingerprint density at radius 2 is 1.84 bits per heavy atom. The first kappa shape index (κ1) is 22.7. The second-order valence-corrected chi connectivity index (χ2v) is 7.18. The molecule has 0 atom stereocenters. The number of nitrogens with zero attached hydrogens (tertiary/aromatic N) is 2. The van der Waals surface area contributed by atoms with Gasteiger partial charge in [0.1, 0.15) is 18.1 Å². The zero-order chi connectivity index (χ0) is 22.9. The van der Waals surface area contributed by atoms with E-state index >= 15 is 0 Å². The predicted octanol–water partition coefficient (Wildman–Crippen LogP) is 2.08. The Morgan fingerprint density at radius 3 is 2.56 bits per heavy atom. The summed E-state index contributed by atoms with van der Waals surface area (Å²) in [5.41, 5.74) is 3.50. The van der Waals surface area contributed by atoms with E-state index in [2.05, 4.69) is 22.1 Å². The van der Waals surface area contributed by atoms with Crippen LogP contribution in [0.15, 0.2) is 54.6 Å². The van der Waals surface area contributed by atoms with Crippen LogP contribution in [0.5, 0.6) is 5.75 Å². The molecule has 164 valence electrons. The van der Waals surface area contributed by atoms with Crippen molar-refractivity contribution in [1.29, 1.82) is 0 Å². The minimum atomic E-state index is -0.593. The van der Waals surface area contributed by atoms with Crippen molar-refractivity contribution in [2.24, 2.45) is 0 Å². The number of hydrogen-bond acceptors (Lipinski definition) is 6. The summed E-state index contributed by atoms with van der Waals surface area (Å²) in [5.74, 6) is 5.44. The van der Waals surface area contributed by atoms with E-state index in [0.717, 1.165) is 11.9 Å². The molecule has 3 aromatic rings. The Bertz CT molecular complexity index is 1160. The molecule has 8 nitrogen and oxygen atoms in total. The van der Waals surface area contributed by atoms with Crippen molar-refractivity contribution in [2.75, 3.05) is 33.8 Å². The molecule has 3 rings (SSSR count). The van der Waals surface area contributed by atoms with Gasteiger partial charge in [-0.3, -0.25) is 14.8 Å². The van der Waals surface area contributed by atoms with E-state index in [1.54, 1.807) is 35.8 Å². The first-order valence-corrected chi connectivity index (χ1v) is 9.97. The number of aromatic nitrogens is 1. The van der Waals surface area contributed by atoms with Gasteiger partial charge in [-0.1, -0.05) is 24.0 Å². The first-order valence-electron chi connectivity index (χ1n) is 9.97. The van der Waals surface area contributed by atoms with Crippen molar-refractivity contribution in [2.45, 2.75) is 0 Å². The van der Waals surface area contributed by atoms with E-state index in [0.29, 0.717) is 29.0 Å². The Hall–Kier alpha value is -3.93. The van der Waals surface area contributed by atoms with Crippen molar-refractivity contribution >= 4 is 22.7 Å². The number of carbonyl (C=O) groups is 2. The molecule has 0 radical (unpaired) electrons. The summed E-state index contributed by atoms with van der Waals surface area (Å²) in [6, 6.07) is 15.6. The van der Waals surface area contributed by atoms with Gasteiger partial charge < -0.3 is 15.0 Å². The Kier molecular flexibility index (Phi) is 7.75. The highest BCUT2D eigenvalue weighted by molar-refractivity contribution is 5.97. The van der Waals surface area contributed by atoms with Gasteiger partial charge in [-0.25, -0.2) is 10.5 Å². The highest BCUT2D eigenvalue weighted by atomic mass is 16.5. The Balaban J connectivity index is 1.67. The molecule has 0 saturated carbocycles. The number of carbonyl (C=O) groups excluding carboxylic acids is 2. The van der Waals surface area contributed by atoms with Crippen LogP contribution < -0.4 is 15.5 Å². The minimum absolute atomic E-state index is 0.128. The van der Waals surface area contributed by atoms with Crippen LogP contribution in [0.4, 0.5) is 0 Å². The number of rotatable bonds is 7. The topological polar surface area (TPSA) is 104 Å². The fourth-order valence-electron chi connectivity index (χ4n) is 2.85. The van der Waals surface area contributed by atoms with E-state index in [1.165, 1.54) is 0 Å². The second kappa shape index (κ2) is 10.9. The van der Waals surface area contributed by atoms with Gasteiger partial charge in [0.15, 0.2) is 0 Å². The molecule has 1 aromatic heterocycles. The number of benzene rings is 2. The molecule has 0 aliphatic heterocycles. The van der Waals surface area contributed by atoms with Gasteiger partial charge >= 0.3 is 0 Å². The third kappa shape index (κ3) is 6.04. The average molecular weight is 432 g/mol. The number of ether oxygens (including phenoxy) is 1. The number of para-hydroxylation sites is 1. The van der Waals surface area contributed by atoms with Crippen LogP contribution in [0.25, 0.3) is 10.9 Å². The van der Waals surface area contributed by atoms with Crippen LogP contribution in [-0.4, -0.2) is 60.7 Å². The summed E-state index contributed by atoms with van der Waals surface area (Å²) in [7, 11) is 3.93. The lowest BCUT2D eigenvalue weighted by atomic mass is 10.1. The van der Waals surface area contributed by atoms with E-state index < -0.39 is 5.91 Å². The molecular weight excluding hydrogens is 408 g/mol. The van der Waals surface area contributed by atoms with Gasteiger partial charge in [0, 0.05) is 29.1 Å². The Morgan fingerprint density at radius 1 is 1.09 bits per heavy atom. The van der Waals surface area contributed by atoms with Crippen LogP contribution in [0, 0.1) is 11.8 Å². The first-order chi connectivity index (χ1) is 15.5. The molecule has 3 N–H and O–H groups in total. The number of amides is 2. The molecule has 32 heavy (non-hydrogen) atoms. The summed E-state index contributed by atoms with van der Waals surface area (Å²) in [5, 5.41) is 12.2. The van der Waals surface area contributed by atoms with Crippen molar-refractivity contribution in [3.63, 3.8) is 0 Å². The van der Waals surface area contributed by atoms with E-state index in [4.69, 9.17) is 9.94 Å². The molecule has 0 aliphatic carbocycles. The summed E-state index contributed by atoms with van der Waals surface area (Å²) in [6.07, 6.45) is 0. The van der Waals surface area contributed by atoms with Gasteiger partial charge in [-0.15, -0.1) is 0 Å². The van der Waals surface area contributed by atoms with Crippen molar-refractivity contribution < 1.29 is 19.5 Å². The lowest BCUT2D eigenvalue weighted by Crippen LogP contribution is -2.25. The van der Waals surface area contributed by atoms with Crippen molar-refractivity contribution in [3.8, 4) is 17.6 Å². The molecule has 8 heteroatoms. The number of nitrogens with one attached hydrogen (secondary N) is 2. The second-order valence-electron chi connectivity index (χ2n) is 7.18. The normalized spacial score (nSPS) is 10.4. The zero-order valence-corrected chi connectivity index (χ0v) is 17.9. The fourth-order valence-corrected chi connectivity index (χ4v) is 2.85. The van der Waals surface area contributed by atoms with E-state index in [-0.39, 0.29) is 18.1 Å². The maximum absolute atomic E-state index is 12.6. The molecule has 0 spiro atoms. The molecule has 2 amide bonds. The smallest absolute Gasteiger partial charge is 0.274 e. The van der Waals surface area contributed by atoms with Crippen LogP contribution in [0.3, 0.4) is 0 Å². The maximum Gasteiger partial charge on any atom is 0.274 e. The van der Waals surface area contributed by atoms with E-state index in [1.807, 2.05) is 43.3 Å². The number of hydroxylamine groups is 1. The number of hydrogen-bond donors (Lipinski definition) is 3. The number of likely N-dealkylation sites (N-methyl/N-ethyl adjacent to an activating group) is 1. The minimum Gasteiger partial charge on any atom is -0.491 e. The largest absolute Gasteiger partial charge is 0.491 e. The highest BCUT2D eigenvalue weighted by Crippen LogP contribution is 2.25. The quantitative estimate of drug-likeness (QED) is 0.300. The molecule has 0 bridgehead atoms. The van der Waals surface area contributed by atoms with E-state index in [9.17, 15) is 9.59 Å². The van der Waals surface area contributed by atoms with Crippen LogP contribution in [-0.2, 0) is 0 Å². The lowest BCUT2D eigenvalue weighted by molar-refractivity contribution is 0.0706. The van der Waals surface area contributed by atoms with Gasteiger partial charge in [-0.05, 0) is 50.5 Å². The van der Waals surface area contributed by atoms with Gasteiger partial charge in [0.05, 0.1) is 12.1 Å². The van der Waals surface area contributed by atoms with Gasteiger partial charge in [0.25, 0.3) is 11.8 Å². The lowest BCUT2D eigenvalue weighted by Gasteiger charge is -2.13. The van der Waals surface area contributed by atoms with Crippen molar-refractivity contribution in [1.82, 2.24) is 20.7 Å². The zero-order valence-electron chi connectivity index (χ0n) is 17.9. The molecular formula is C24H24N4O4. The van der Waals surface area contributed by atoms with Crippen LogP contribution in [0.2, 0.25) is 0 Å². The molecule has 2 aromatic carbocycles. The summed E-state index contributed by atoms with van der Waals surface area (Å²) in [6.45, 7) is 1.37. The van der Waals surface area contributed by atoms with Gasteiger partial charge in [-0.2, -0.15) is 0 Å². The highest BCUT2D eigenvalue weighted by Gasteiger charge is 2.12. The average Bonchev–Trinajstić information content (AvgIpc) is 2.81. The summed E-state index contributed by atoms with van der Waals surface area (Å²) >= 11 is 0. The summed E-state index contributed by atoms with van der Waals surface area (Å²) < 4.78 is 5.91. The maximum atomic E-state index is 12.6. The number of fused-ring (bicyclic) bond motifs is 1. The fraction of sp³-hybridized carbons (Fsp3) is 0.208. The monoisotopic (exact) mass is 432 g/mol. The molecule has 0 saturated heterocycles. The standard InChI is InChI=1S/C24H24N4O4/c1-28(2)14-15-32-22-16-21(26-20-8-4-3-7-19(20)22)24(30)25-13-5-6-17-9-11-18(12-10-17)23(29)27-31/h3-4,7-12,16,31H,13-15H2,1-2H3,(H,25,30)(H,27,29). The SMILES string of the molecule is CN(C)CCOc1cc(C(=O)NCC#Cc2ccc(C(=O)NO)cc2)nc2ccccc12. The molecule has 0 fully saturated rings. The summed E-state index contributed by atoms with van der Waals surface area (Å²) in [4.78, 5) is 30.4. The molecule has 0 unspecified atom stereocenters. The van der Waals surface area contributed by atoms with Crippen molar-refractivity contribution in [3.05, 3.63) is 71.4 Å². The van der Waals surface area contributed by atoms with Crippen LogP contribution >= 0.6 is 0 Å². The Labute approximate surface area is 186 Å². The molecule has 0 aliphatic rings. The van der Waals surface area contributed by atoms with Crippen LogP contribution in [0.1, 0.15) is 26.4 Å². The predicted molar refractivity (Wildman–Crippen MR) is 121 cm³/mol. The number of pyridine rings is 1.